The van der Waals surface area contributed by atoms with Gasteiger partial charge < -0.3 is 19.7 Å². The second-order valence-electron chi connectivity index (χ2n) is 6.24. The van der Waals surface area contributed by atoms with Crippen LogP contribution >= 0.6 is 0 Å². The lowest BCUT2D eigenvalue weighted by Gasteiger charge is -2.31. The maximum atomic E-state index is 12.5. The molecule has 1 aromatic rings. The number of anilines is 1. The van der Waals surface area contributed by atoms with Gasteiger partial charge in [-0.1, -0.05) is 0 Å². The van der Waals surface area contributed by atoms with Crippen molar-refractivity contribution < 1.29 is 19.1 Å². The fourth-order valence-corrected chi connectivity index (χ4v) is 3.30. The molecule has 0 radical (unpaired) electrons. The Morgan fingerprint density at radius 1 is 1.29 bits per heavy atom. The lowest BCUT2D eigenvalue weighted by atomic mass is 10.1. The van der Waals surface area contributed by atoms with Crippen LogP contribution in [-0.4, -0.2) is 49.1 Å². The SMILES string of the molecule is CCOc1ccc(NC(=O)C2CC(=O)N(C3CCOCC3)C2)cc1. The topological polar surface area (TPSA) is 67.9 Å². The fraction of sp³-hybridized carbons (Fsp3) is 0.556. The first-order valence-electron chi connectivity index (χ1n) is 8.58. The summed E-state index contributed by atoms with van der Waals surface area (Å²) in [4.78, 5) is 26.6. The van der Waals surface area contributed by atoms with E-state index in [1.54, 1.807) is 0 Å². The van der Waals surface area contributed by atoms with Crippen LogP contribution in [0.25, 0.3) is 0 Å². The summed E-state index contributed by atoms with van der Waals surface area (Å²) < 4.78 is 10.7. The molecule has 6 nitrogen and oxygen atoms in total. The van der Waals surface area contributed by atoms with Crippen molar-refractivity contribution in [1.82, 2.24) is 4.90 Å². The lowest BCUT2D eigenvalue weighted by molar-refractivity contribution is -0.131. The Labute approximate surface area is 142 Å². The molecule has 2 saturated heterocycles. The lowest BCUT2D eigenvalue weighted by Crippen LogP contribution is -2.41. The van der Waals surface area contributed by atoms with Crippen molar-refractivity contribution in [3.63, 3.8) is 0 Å². The Balaban J connectivity index is 1.56. The monoisotopic (exact) mass is 332 g/mol. The molecule has 0 spiro atoms. The molecule has 2 aliphatic rings. The van der Waals surface area contributed by atoms with Gasteiger partial charge in [-0.05, 0) is 44.0 Å². The quantitative estimate of drug-likeness (QED) is 0.896. The van der Waals surface area contributed by atoms with E-state index in [-0.39, 0.29) is 23.8 Å². The first-order chi connectivity index (χ1) is 11.7. The number of nitrogens with one attached hydrogen (secondary N) is 1. The van der Waals surface area contributed by atoms with Crippen molar-refractivity contribution in [2.45, 2.75) is 32.2 Å². The van der Waals surface area contributed by atoms with Crippen molar-refractivity contribution in [2.24, 2.45) is 5.92 Å². The summed E-state index contributed by atoms with van der Waals surface area (Å²) in [7, 11) is 0. The van der Waals surface area contributed by atoms with E-state index < -0.39 is 0 Å². The van der Waals surface area contributed by atoms with E-state index in [1.165, 1.54) is 0 Å². The molecule has 2 aliphatic heterocycles. The third kappa shape index (κ3) is 3.87. The van der Waals surface area contributed by atoms with Crippen LogP contribution in [0.1, 0.15) is 26.2 Å². The minimum Gasteiger partial charge on any atom is -0.494 e. The summed E-state index contributed by atoms with van der Waals surface area (Å²) in [6.45, 7) is 4.43. The Morgan fingerprint density at radius 3 is 2.67 bits per heavy atom. The highest BCUT2D eigenvalue weighted by molar-refractivity contribution is 5.97. The molecular formula is C18H24N2O4. The molecule has 1 unspecified atom stereocenters. The maximum absolute atomic E-state index is 12.5. The number of carbonyl (C=O) groups excluding carboxylic acids is 2. The van der Waals surface area contributed by atoms with Crippen molar-refractivity contribution in [3.8, 4) is 5.75 Å². The molecule has 3 rings (SSSR count). The maximum Gasteiger partial charge on any atom is 0.229 e. The van der Waals surface area contributed by atoms with E-state index in [2.05, 4.69) is 5.32 Å². The summed E-state index contributed by atoms with van der Waals surface area (Å²) in [5, 5.41) is 2.90. The number of rotatable bonds is 5. The van der Waals surface area contributed by atoms with E-state index in [0.29, 0.717) is 32.8 Å². The van der Waals surface area contributed by atoms with Gasteiger partial charge in [-0.25, -0.2) is 0 Å². The Bertz CT molecular complexity index is 581. The van der Waals surface area contributed by atoms with Gasteiger partial charge in [-0.3, -0.25) is 9.59 Å². The summed E-state index contributed by atoms with van der Waals surface area (Å²) in [5.41, 5.74) is 0.723. The molecule has 2 fully saturated rings. The highest BCUT2D eigenvalue weighted by atomic mass is 16.5. The second-order valence-corrected chi connectivity index (χ2v) is 6.24. The number of hydrogen-bond donors (Lipinski definition) is 1. The Morgan fingerprint density at radius 2 is 2.00 bits per heavy atom. The zero-order valence-electron chi connectivity index (χ0n) is 14.0. The number of ether oxygens (including phenoxy) is 2. The van der Waals surface area contributed by atoms with Crippen molar-refractivity contribution >= 4 is 17.5 Å². The molecule has 2 amide bonds. The molecule has 6 heteroatoms. The van der Waals surface area contributed by atoms with E-state index in [4.69, 9.17) is 9.47 Å². The van der Waals surface area contributed by atoms with E-state index in [1.807, 2.05) is 36.1 Å². The predicted octanol–water partition coefficient (Wildman–Crippen LogP) is 2.05. The van der Waals surface area contributed by atoms with Crippen LogP contribution in [0, 0.1) is 5.92 Å². The van der Waals surface area contributed by atoms with E-state index in [0.717, 1.165) is 24.3 Å². The fourth-order valence-electron chi connectivity index (χ4n) is 3.30. The van der Waals surface area contributed by atoms with Crippen molar-refractivity contribution in [2.75, 3.05) is 31.7 Å². The number of nitrogens with zero attached hydrogens (tertiary/aromatic N) is 1. The number of likely N-dealkylation sites (tertiary alicyclic amines) is 1. The summed E-state index contributed by atoms with van der Waals surface area (Å²) in [6.07, 6.45) is 2.01. The van der Waals surface area contributed by atoms with Crippen molar-refractivity contribution in [1.29, 1.82) is 0 Å². The van der Waals surface area contributed by atoms with Gasteiger partial charge in [0.15, 0.2) is 0 Å². The molecule has 0 bridgehead atoms. The van der Waals surface area contributed by atoms with E-state index in [9.17, 15) is 9.59 Å². The zero-order valence-corrected chi connectivity index (χ0v) is 14.0. The second kappa shape index (κ2) is 7.66. The molecule has 1 atom stereocenters. The van der Waals surface area contributed by atoms with Gasteiger partial charge >= 0.3 is 0 Å². The number of carbonyl (C=O) groups is 2. The largest absolute Gasteiger partial charge is 0.494 e. The summed E-state index contributed by atoms with van der Waals surface area (Å²) >= 11 is 0. The smallest absolute Gasteiger partial charge is 0.229 e. The molecule has 0 saturated carbocycles. The molecule has 130 valence electrons. The van der Waals surface area contributed by atoms with Crippen molar-refractivity contribution in [3.05, 3.63) is 24.3 Å². The average molecular weight is 332 g/mol. The van der Waals surface area contributed by atoms with Gasteiger partial charge in [-0.15, -0.1) is 0 Å². The molecule has 1 aromatic carbocycles. The molecule has 0 aromatic heterocycles. The van der Waals surface area contributed by atoms with Crippen LogP contribution < -0.4 is 10.1 Å². The predicted molar refractivity (Wildman–Crippen MR) is 89.9 cm³/mol. The minimum absolute atomic E-state index is 0.0775. The summed E-state index contributed by atoms with van der Waals surface area (Å²) in [6, 6.07) is 7.50. The van der Waals surface area contributed by atoms with Gasteiger partial charge in [0.25, 0.3) is 0 Å². The minimum atomic E-state index is -0.285. The highest BCUT2D eigenvalue weighted by Crippen LogP contribution is 2.26. The van der Waals surface area contributed by atoms with Crippen LogP contribution in [0.2, 0.25) is 0 Å². The normalized spacial score (nSPS) is 21.8. The van der Waals surface area contributed by atoms with Gasteiger partial charge in [0.2, 0.25) is 11.8 Å². The first-order valence-corrected chi connectivity index (χ1v) is 8.58. The van der Waals surface area contributed by atoms with Gasteiger partial charge in [0.05, 0.1) is 12.5 Å². The Kier molecular flexibility index (Phi) is 5.35. The third-order valence-electron chi connectivity index (χ3n) is 4.59. The molecule has 24 heavy (non-hydrogen) atoms. The molecular weight excluding hydrogens is 308 g/mol. The van der Waals surface area contributed by atoms with Crippen LogP contribution in [0.4, 0.5) is 5.69 Å². The van der Waals surface area contributed by atoms with Gasteiger partial charge in [0, 0.05) is 37.9 Å². The molecule has 0 aliphatic carbocycles. The van der Waals surface area contributed by atoms with Crippen LogP contribution in [0.15, 0.2) is 24.3 Å². The highest BCUT2D eigenvalue weighted by Gasteiger charge is 2.38. The molecule has 2 heterocycles. The number of benzene rings is 1. The van der Waals surface area contributed by atoms with Gasteiger partial charge in [-0.2, -0.15) is 0 Å². The van der Waals surface area contributed by atoms with Crippen LogP contribution in [-0.2, 0) is 14.3 Å². The van der Waals surface area contributed by atoms with Gasteiger partial charge in [0.1, 0.15) is 5.75 Å². The first kappa shape index (κ1) is 16.8. The number of hydrogen-bond acceptors (Lipinski definition) is 4. The molecule has 1 N–H and O–H groups in total. The Hall–Kier alpha value is -2.08. The summed E-state index contributed by atoms with van der Waals surface area (Å²) in [5.74, 6) is 0.472. The van der Waals surface area contributed by atoms with Crippen LogP contribution in [0.5, 0.6) is 5.75 Å². The van der Waals surface area contributed by atoms with Crippen LogP contribution in [0.3, 0.4) is 0 Å². The third-order valence-corrected chi connectivity index (χ3v) is 4.59. The number of amides is 2. The standard InChI is InChI=1S/C18H24N2O4/c1-2-24-16-5-3-14(4-6-16)19-18(22)13-11-17(21)20(12-13)15-7-9-23-10-8-15/h3-6,13,15H,2,7-12H2,1H3,(H,19,22). The zero-order chi connectivity index (χ0) is 16.9. The average Bonchev–Trinajstić information content (AvgIpc) is 3.00. The van der Waals surface area contributed by atoms with E-state index >= 15 is 0 Å².